The first-order valence-corrected chi connectivity index (χ1v) is 15.9. The van der Waals surface area contributed by atoms with Gasteiger partial charge in [0.1, 0.15) is 11.7 Å². The minimum atomic E-state index is -0.0926. The predicted octanol–water partition coefficient (Wildman–Crippen LogP) is 7.50. The monoisotopic (exact) mass is 539 g/mol. The molecule has 3 saturated carbocycles. The molecule has 0 aromatic carbocycles. The van der Waals surface area contributed by atoms with Crippen molar-refractivity contribution in [3.05, 3.63) is 23.0 Å². The number of hydrogen-bond acceptors (Lipinski definition) is 4. The smallest absolute Gasteiger partial charge is 0.306 e. The molecule has 39 heavy (non-hydrogen) atoms. The number of esters is 1. The van der Waals surface area contributed by atoms with E-state index in [9.17, 15) is 9.59 Å². The van der Waals surface area contributed by atoms with Crippen molar-refractivity contribution in [1.82, 2.24) is 5.32 Å². The van der Waals surface area contributed by atoms with Crippen LogP contribution in [0, 0.1) is 40.4 Å². The second-order valence-corrected chi connectivity index (χ2v) is 14.6. The van der Waals surface area contributed by atoms with Gasteiger partial charge in [-0.2, -0.15) is 0 Å². The lowest BCUT2D eigenvalue weighted by Crippen LogP contribution is -2.50. The maximum Gasteiger partial charge on any atom is 0.306 e. The van der Waals surface area contributed by atoms with Crippen molar-refractivity contribution >= 4 is 11.9 Å². The van der Waals surface area contributed by atoms with Crippen LogP contribution in [0.2, 0.25) is 0 Å². The fourth-order valence-electron chi connectivity index (χ4n) is 10.1. The van der Waals surface area contributed by atoms with Crippen LogP contribution in [-0.2, 0) is 19.1 Å². The van der Waals surface area contributed by atoms with E-state index in [-0.39, 0.29) is 34.4 Å². The summed E-state index contributed by atoms with van der Waals surface area (Å²) in [4.78, 5) is 23.5. The van der Waals surface area contributed by atoms with Crippen molar-refractivity contribution in [3.8, 4) is 0 Å². The highest BCUT2D eigenvalue weighted by molar-refractivity contribution is 5.72. The molecule has 5 heteroatoms. The second kappa shape index (κ2) is 10.6. The van der Waals surface area contributed by atoms with E-state index in [0.29, 0.717) is 24.2 Å². The van der Waals surface area contributed by atoms with Crippen LogP contribution in [0.5, 0.6) is 0 Å². The first kappa shape index (κ1) is 28.7. The average molecular weight is 540 g/mol. The van der Waals surface area contributed by atoms with Crippen molar-refractivity contribution in [2.75, 3.05) is 6.54 Å². The summed E-state index contributed by atoms with van der Waals surface area (Å²) in [6.45, 7) is 16.5. The van der Waals surface area contributed by atoms with Gasteiger partial charge < -0.3 is 14.8 Å². The zero-order chi connectivity index (χ0) is 28.2. The molecule has 5 rings (SSSR count). The molecule has 9 atom stereocenters. The molecular weight excluding hydrogens is 486 g/mol. The Morgan fingerprint density at radius 2 is 1.95 bits per heavy atom. The Bertz CT molecular complexity index is 1050. The third kappa shape index (κ3) is 4.99. The van der Waals surface area contributed by atoms with Gasteiger partial charge >= 0.3 is 5.97 Å². The topological polar surface area (TPSA) is 64.6 Å². The van der Waals surface area contributed by atoms with Gasteiger partial charge in [-0.05, 0) is 105 Å². The highest BCUT2D eigenvalue weighted by atomic mass is 16.5. The van der Waals surface area contributed by atoms with Crippen LogP contribution < -0.4 is 5.32 Å². The summed E-state index contributed by atoms with van der Waals surface area (Å²) in [6, 6.07) is 0. The van der Waals surface area contributed by atoms with Gasteiger partial charge in [0.15, 0.2) is 0 Å². The number of ether oxygens (including phenoxy) is 2. The molecule has 5 aliphatic rings. The number of hydrogen-bond donors (Lipinski definition) is 1. The van der Waals surface area contributed by atoms with E-state index in [1.54, 1.807) is 12.5 Å². The summed E-state index contributed by atoms with van der Waals surface area (Å²) in [5.41, 5.74) is 3.51. The molecular formula is C34H53NO4. The third-order valence-corrected chi connectivity index (χ3v) is 11.9. The summed E-state index contributed by atoms with van der Waals surface area (Å²) < 4.78 is 12.8. The van der Waals surface area contributed by atoms with Gasteiger partial charge in [0.25, 0.3) is 0 Å². The van der Waals surface area contributed by atoms with Crippen molar-refractivity contribution in [3.63, 3.8) is 0 Å². The van der Waals surface area contributed by atoms with Gasteiger partial charge in [0, 0.05) is 38.6 Å². The molecule has 5 nitrogen and oxygen atoms in total. The van der Waals surface area contributed by atoms with E-state index in [1.165, 1.54) is 30.6 Å². The highest BCUT2D eigenvalue weighted by Gasteiger charge is 2.67. The number of fused-ring (bicyclic) bond motifs is 7. The van der Waals surface area contributed by atoms with Gasteiger partial charge in [-0.15, -0.1) is 0 Å². The number of carbonyl (C=O) groups is 2. The molecule has 4 aliphatic carbocycles. The molecule has 0 aromatic heterocycles. The fraction of sp³-hybridized carbons (Fsp3) is 0.824. The summed E-state index contributed by atoms with van der Waals surface area (Å²) in [5, 5.41) is 2.96. The fourth-order valence-corrected chi connectivity index (χ4v) is 10.1. The number of allylic oxidation sites excluding steroid dienone is 2. The largest absolute Gasteiger partial charge is 0.491 e. The Morgan fingerprint density at radius 1 is 1.18 bits per heavy atom. The maximum atomic E-state index is 12.2. The molecule has 1 amide bonds. The van der Waals surface area contributed by atoms with Crippen LogP contribution >= 0.6 is 0 Å². The summed E-state index contributed by atoms with van der Waals surface area (Å²) in [5.74, 6) is 4.34. The van der Waals surface area contributed by atoms with Crippen LogP contribution in [0.4, 0.5) is 0 Å². The maximum absolute atomic E-state index is 12.2. The normalized spacial score (nSPS) is 41.4. The van der Waals surface area contributed by atoms with E-state index < -0.39 is 0 Å². The Labute approximate surface area is 236 Å². The van der Waals surface area contributed by atoms with Gasteiger partial charge in [0.2, 0.25) is 5.91 Å². The Hall–Kier alpha value is -1.78. The molecule has 1 heterocycles. The number of rotatable bonds is 8. The Morgan fingerprint density at radius 3 is 2.67 bits per heavy atom. The standard InChI is InChI=1S/C34H53NO4/c1-8-9-30(37)38-25-14-16-32(5)24(18-25)11-12-26-27(32)15-17-33(6)28(26)19-34(7)31(33)22(3)29(39-34)13-10-21(2)20-35-23(4)36/h11,21,25-28,31H,8-10,12-20H2,1-7H3,(H,35,36)/t21-,25-,26-,27+,28+,31-,32-,33-,34+/m0/s1. The van der Waals surface area contributed by atoms with Crippen LogP contribution in [0.1, 0.15) is 119 Å². The lowest BCUT2D eigenvalue weighted by atomic mass is 9.47. The van der Waals surface area contributed by atoms with E-state index in [1.807, 2.05) is 6.92 Å². The first-order chi connectivity index (χ1) is 18.4. The summed E-state index contributed by atoms with van der Waals surface area (Å²) >= 11 is 0. The second-order valence-electron chi connectivity index (χ2n) is 14.6. The zero-order valence-electron chi connectivity index (χ0n) is 25.7. The quantitative estimate of drug-likeness (QED) is 0.256. The lowest BCUT2D eigenvalue weighted by Gasteiger charge is -2.58. The lowest BCUT2D eigenvalue weighted by molar-refractivity contribution is -0.151. The first-order valence-electron chi connectivity index (χ1n) is 15.9. The average Bonchev–Trinajstić information content (AvgIpc) is 3.27. The Balaban J connectivity index is 1.30. The van der Waals surface area contributed by atoms with Gasteiger partial charge in [0.05, 0.1) is 5.76 Å². The number of carbonyl (C=O) groups excluding carboxylic acids is 2. The molecule has 0 aromatic rings. The van der Waals surface area contributed by atoms with Gasteiger partial charge in [-0.25, -0.2) is 0 Å². The molecule has 1 N–H and O–H groups in total. The molecule has 0 unspecified atom stereocenters. The van der Waals surface area contributed by atoms with Crippen molar-refractivity contribution in [2.24, 2.45) is 40.4 Å². The highest BCUT2D eigenvalue weighted by Crippen LogP contribution is 2.71. The van der Waals surface area contributed by atoms with Gasteiger partial charge in [-0.1, -0.05) is 39.3 Å². The molecule has 1 aliphatic heterocycles. The van der Waals surface area contributed by atoms with Crippen LogP contribution in [0.25, 0.3) is 0 Å². The third-order valence-electron chi connectivity index (χ3n) is 11.9. The van der Waals surface area contributed by atoms with Crippen molar-refractivity contribution in [2.45, 2.75) is 131 Å². The predicted molar refractivity (Wildman–Crippen MR) is 155 cm³/mol. The minimum absolute atomic E-state index is 0.0236. The zero-order valence-corrected chi connectivity index (χ0v) is 25.7. The molecule has 218 valence electrons. The van der Waals surface area contributed by atoms with E-state index >= 15 is 0 Å². The van der Waals surface area contributed by atoms with Crippen molar-refractivity contribution < 1.29 is 19.1 Å². The molecule has 0 radical (unpaired) electrons. The SMILES string of the molecule is CCCC(=O)O[C@H]1CC[C@@]2(C)C(=CC[C@@H]3[C@H]4C[C@@]5(C)OC(CC[C@H](C)CNC(C)=O)=C(C)[C@H]5[C@@]4(C)CC[C@H]32)C1. The number of nitrogens with one attached hydrogen (secondary N) is 1. The van der Waals surface area contributed by atoms with E-state index in [4.69, 9.17) is 9.47 Å². The molecule has 0 spiro atoms. The van der Waals surface area contributed by atoms with E-state index in [0.717, 1.165) is 63.3 Å². The van der Waals surface area contributed by atoms with Crippen LogP contribution in [0.3, 0.4) is 0 Å². The molecule has 0 bridgehead atoms. The van der Waals surface area contributed by atoms with Gasteiger partial charge in [-0.3, -0.25) is 9.59 Å². The number of amides is 1. The van der Waals surface area contributed by atoms with Crippen molar-refractivity contribution in [1.29, 1.82) is 0 Å². The minimum Gasteiger partial charge on any atom is -0.491 e. The summed E-state index contributed by atoms with van der Waals surface area (Å²) in [6.07, 6.45) is 14.0. The summed E-state index contributed by atoms with van der Waals surface area (Å²) in [7, 11) is 0. The van der Waals surface area contributed by atoms with E-state index in [2.05, 4.69) is 46.0 Å². The Kier molecular flexibility index (Phi) is 7.78. The molecule has 3 fully saturated rings. The van der Waals surface area contributed by atoms with Crippen LogP contribution in [0.15, 0.2) is 23.0 Å². The molecule has 0 saturated heterocycles. The van der Waals surface area contributed by atoms with Crippen LogP contribution in [-0.4, -0.2) is 30.1 Å².